The molecule has 1 spiro atoms. The van der Waals surface area contributed by atoms with Crippen LogP contribution >= 0.6 is 0 Å². The third-order valence-electron chi connectivity index (χ3n) is 5.52. The van der Waals surface area contributed by atoms with Crippen molar-refractivity contribution in [1.82, 2.24) is 0 Å². The Bertz CT molecular complexity index is 809. The maximum absolute atomic E-state index is 6.13. The van der Waals surface area contributed by atoms with E-state index < -0.39 is 5.72 Å². The molecule has 1 unspecified atom stereocenters. The van der Waals surface area contributed by atoms with E-state index in [1.165, 1.54) is 16.8 Å². The highest BCUT2D eigenvalue weighted by molar-refractivity contribution is 6.02. The molecular formula is C20H22N2O. The average Bonchev–Trinajstić information content (AvgIpc) is 3.06. The van der Waals surface area contributed by atoms with Crippen LogP contribution in [0.3, 0.4) is 0 Å². The van der Waals surface area contributed by atoms with Crippen molar-refractivity contribution in [2.45, 2.75) is 38.3 Å². The zero-order valence-electron chi connectivity index (χ0n) is 14.1. The third kappa shape index (κ3) is 1.79. The molecule has 4 rings (SSSR count). The van der Waals surface area contributed by atoms with Crippen molar-refractivity contribution in [3.8, 4) is 0 Å². The van der Waals surface area contributed by atoms with E-state index in [2.05, 4.69) is 86.4 Å². The zero-order chi connectivity index (χ0) is 16.2. The van der Waals surface area contributed by atoms with Crippen LogP contribution in [-0.2, 0) is 10.3 Å². The lowest BCUT2D eigenvalue weighted by Gasteiger charge is -2.40. The second-order valence-electron chi connectivity index (χ2n) is 7.16. The van der Waals surface area contributed by atoms with E-state index in [-0.39, 0.29) is 5.41 Å². The maximum atomic E-state index is 6.13. The van der Waals surface area contributed by atoms with Gasteiger partial charge in [0.15, 0.2) is 0 Å². The van der Waals surface area contributed by atoms with E-state index in [1.54, 1.807) is 0 Å². The number of aryl methyl sites for hydroxylation is 1. The van der Waals surface area contributed by atoms with Gasteiger partial charge in [-0.3, -0.25) is 0 Å². The van der Waals surface area contributed by atoms with Gasteiger partial charge in [0.05, 0.1) is 17.5 Å². The molecule has 0 aromatic heterocycles. The highest BCUT2D eigenvalue weighted by Gasteiger charge is 2.61. The number of benzene rings is 2. The second-order valence-corrected chi connectivity index (χ2v) is 7.16. The molecule has 2 aromatic rings. The molecule has 0 radical (unpaired) electrons. The van der Waals surface area contributed by atoms with Crippen LogP contribution in [0.4, 0.5) is 5.69 Å². The van der Waals surface area contributed by atoms with Crippen LogP contribution < -0.4 is 4.90 Å². The lowest BCUT2D eigenvalue weighted by atomic mass is 9.75. The van der Waals surface area contributed by atoms with Crippen molar-refractivity contribution < 1.29 is 4.84 Å². The van der Waals surface area contributed by atoms with Crippen LogP contribution in [0.1, 0.15) is 37.0 Å². The van der Waals surface area contributed by atoms with Gasteiger partial charge in [0, 0.05) is 12.7 Å². The van der Waals surface area contributed by atoms with Gasteiger partial charge < -0.3 is 9.74 Å². The van der Waals surface area contributed by atoms with Crippen molar-refractivity contribution in [2.75, 3.05) is 11.9 Å². The van der Waals surface area contributed by atoms with Gasteiger partial charge in [0.2, 0.25) is 5.72 Å². The Morgan fingerprint density at radius 2 is 1.87 bits per heavy atom. The zero-order valence-corrected chi connectivity index (χ0v) is 14.1. The van der Waals surface area contributed by atoms with Crippen molar-refractivity contribution in [1.29, 1.82) is 0 Å². The molecule has 3 heteroatoms. The molecule has 2 heterocycles. The molecular weight excluding hydrogens is 284 g/mol. The predicted octanol–water partition coefficient (Wildman–Crippen LogP) is 4.24. The SMILES string of the molecule is Cc1cccc(C2=NOC3(C2)N(C)c2ccccc2C3(C)C)c1. The summed E-state index contributed by atoms with van der Waals surface area (Å²) in [7, 11) is 2.11. The number of rotatable bonds is 1. The lowest BCUT2D eigenvalue weighted by Crippen LogP contribution is -2.54. The first-order chi connectivity index (χ1) is 11.0. The van der Waals surface area contributed by atoms with E-state index in [9.17, 15) is 0 Å². The fourth-order valence-corrected chi connectivity index (χ4v) is 4.04. The summed E-state index contributed by atoms with van der Waals surface area (Å²) >= 11 is 0. The highest BCUT2D eigenvalue weighted by atomic mass is 16.7. The van der Waals surface area contributed by atoms with Crippen LogP contribution in [0, 0.1) is 6.92 Å². The summed E-state index contributed by atoms with van der Waals surface area (Å²) in [5.41, 5.74) is 5.40. The predicted molar refractivity (Wildman–Crippen MR) is 94.0 cm³/mol. The number of anilines is 1. The Kier molecular flexibility index (Phi) is 2.87. The Labute approximate surface area is 137 Å². The van der Waals surface area contributed by atoms with Crippen molar-refractivity contribution >= 4 is 11.4 Å². The number of para-hydroxylation sites is 1. The standard InChI is InChI=1S/C20H22N2O/c1-14-8-7-9-15(12-14)17-13-20(23-21-17)19(2,3)16-10-5-6-11-18(16)22(20)4/h5-12H,13H2,1-4H3. The first-order valence-corrected chi connectivity index (χ1v) is 8.11. The van der Waals surface area contributed by atoms with Gasteiger partial charge in [-0.25, -0.2) is 0 Å². The van der Waals surface area contributed by atoms with Crippen molar-refractivity contribution in [3.63, 3.8) is 0 Å². The first kappa shape index (κ1) is 14.3. The molecule has 0 bridgehead atoms. The van der Waals surface area contributed by atoms with Crippen LogP contribution in [0.2, 0.25) is 0 Å². The van der Waals surface area contributed by atoms with Crippen LogP contribution in [0.25, 0.3) is 0 Å². The minimum Gasteiger partial charge on any atom is -0.366 e. The first-order valence-electron chi connectivity index (χ1n) is 8.11. The Morgan fingerprint density at radius 1 is 1.09 bits per heavy atom. The quantitative estimate of drug-likeness (QED) is 0.787. The normalized spacial score (nSPS) is 24.5. The molecule has 2 aliphatic heterocycles. The molecule has 2 aliphatic rings. The van der Waals surface area contributed by atoms with Gasteiger partial charge in [0.25, 0.3) is 0 Å². The molecule has 0 saturated heterocycles. The molecule has 23 heavy (non-hydrogen) atoms. The topological polar surface area (TPSA) is 24.8 Å². The monoisotopic (exact) mass is 306 g/mol. The van der Waals surface area contributed by atoms with E-state index in [0.29, 0.717) is 0 Å². The Hall–Kier alpha value is -2.29. The highest BCUT2D eigenvalue weighted by Crippen LogP contribution is 2.55. The Morgan fingerprint density at radius 3 is 2.61 bits per heavy atom. The summed E-state index contributed by atoms with van der Waals surface area (Å²) in [6, 6.07) is 17.0. The van der Waals surface area contributed by atoms with Gasteiger partial charge in [-0.2, -0.15) is 0 Å². The molecule has 3 nitrogen and oxygen atoms in total. The third-order valence-corrected chi connectivity index (χ3v) is 5.52. The average molecular weight is 306 g/mol. The summed E-state index contributed by atoms with van der Waals surface area (Å²) in [6.07, 6.45) is 0.786. The van der Waals surface area contributed by atoms with Crippen LogP contribution in [-0.4, -0.2) is 18.5 Å². The molecule has 2 aromatic carbocycles. The molecule has 0 N–H and O–H groups in total. The number of hydrogen-bond donors (Lipinski definition) is 0. The molecule has 0 aliphatic carbocycles. The minimum absolute atomic E-state index is 0.132. The van der Waals surface area contributed by atoms with Crippen molar-refractivity contribution in [2.24, 2.45) is 5.16 Å². The van der Waals surface area contributed by atoms with E-state index in [0.717, 1.165) is 17.7 Å². The minimum atomic E-state index is -0.449. The summed E-state index contributed by atoms with van der Waals surface area (Å²) in [4.78, 5) is 8.39. The smallest absolute Gasteiger partial charge is 0.224 e. The summed E-state index contributed by atoms with van der Waals surface area (Å²) in [6.45, 7) is 6.62. The number of oxime groups is 1. The van der Waals surface area contributed by atoms with Gasteiger partial charge >= 0.3 is 0 Å². The molecule has 0 fully saturated rings. The van der Waals surface area contributed by atoms with Crippen molar-refractivity contribution in [3.05, 3.63) is 65.2 Å². The van der Waals surface area contributed by atoms with Gasteiger partial charge in [-0.05, 0) is 38.0 Å². The fourth-order valence-electron chi connectivity index (χ4n) is 4.04. The second kappa shape index (κ2) is 4.60. The van der Waals surface area contributed by atoms with Gasteiger partial charge in [-0.15, -0.1) is 0 Å². The molecule has 0 amide bonds. The maximum Gasteiger partial charge on any atom is 0.224 e. The molecule has 1 atom stereocenters. The number of fused-ring (bicyclic) bond motifs is 1. The largest absolute Gasteiger partial charge is 0.366 e. The van der Waals surface area contributed by atoms with E-state index in [4.69, 9.17) is 4.84 Å². The number of nitrogens with zero attached hydrogens (tertiary/aromatic N) is 2. The molecule has 0 saturated carbocycles. The van der Waals surface area contributed by atoms with E-state index >= 15 is 0 Å². The fraction of sp³-hybridized carbons (Fsp3) is 0.350. The molecule has 118 valence electrons. The summed E-state index contributed by atoms with van der Waals surface area (Å²) in [5.74, 6) is 0. The number of likely N-dealkylation sites (N-methyl/N-ethyl adjacent to an activating group) is 1. The van der Waals surface area contributed by atoms with Gasteiger partial charge in [0.1, 0.15) is 0 Å². The van der Waals surface area contributed by atoms with Gasteiger partial charge in [-0.1, -0.05) is 53.2 Å². The van der Waals surface area contributed by atoms with Crippen LogP contribution in [0.5, 0.6) is 0 Å². The van der Waals surface area contributed by atoms with E-state index in [1.807, 2.05) is 0 Å². The number of hydrogen-bond acceptors (Lipinski definition) is 3. The van der Waals surface area contributed by atoms with Crippen LogP contribution in [0.15, 0.2) is 53.7 Å². The summed E-state index contributed by atoms with van der Waals surface area (Å²) < 4.78 is 0. The Balaban J connectivity index is 1.75. The summed E-state index contributed by atoms with van der Waals surface area (Å²) in [5, 5.41) is 4.49. The lowest BCUT2D eigenvalue weighted by molar-refractivity contribution is -0.0591.